The van der Waals surface area contributed by atoms with Gasteiger partial charge in [-0.3, -0.25) is 4.79 Å². The molecule has 7 heteroatoms. The highest BCUT2D eigenvalue weighted by atomic mass is 32.2. The summed E-state index contributed by atoms with van der Waals surface area (Å²) < 4.78 is 33.4. The summed E-state index contributed by atoms with van der Waals surface area (Å²) in [5, 5.41) is 2.94. The van der Waals surface area contributed by atoms with Crippen LogP contribution < -0.4 is 10.0 Å². The molecule has 6 nitrogen and oxygen atoms in total. The number of benzene rings is 1. The molecule has 0 bridgehead atoms. The normalized spacial score (nSPS) is 24.0. The molecule has 0 aromatic heterocycles. The standard InChI is InChI=1S/C18H26N2O4S/c1-24-12-14-6-3-10-17(14)20-25(22,23)16-9-2-5-13(11-16)18(21)19-15-7-4-8-15/h2,5,9,11,14-15,17,20H,3-4,6-8,10,12H2,1H3,(H,19,21)/t14-,17-/m0/s1. The first kappa shape index (κ1) is 18.4. The van der Waals surface area contributed by atoms with Crippen LogP contribution in [-0.2, 0) is 14.8 Å². The number of carbonyl (C=O) groups excluding carboxylic acids is 1. The first-order chi connectivity index (χ1) is 12.0. The van der Waals surface area contributed by atoms with E-state index in [2.05, 4.69) is 10.0 Å². The highest BCUT2D eigenvalue weighted by Gasteiger charge is 2.31. The summed E-state index contributed by atoms with van der Waals surface area (Å²) in [4.78, 5) is 12.4. The second kappa shape index (κ2) is 7.85. The molecular formula is C18H26N2O4S. The van der Waals surface area contributed by atoms with Gasteiger partial charge in [0.15, 0.2) is 0 Å². The van der Waals surface area contributed by atoms with Crippen molar-refractivity contribution in [2.45, 2.75) is 55.5 Å². The van der Waals surface area contributed by atoms with Crippen molar-refractivity contribution in [2.75, 3.05) is 13.7 Å². The first-order valence-corrected chi connectivity index (χ1v) is 10.4. The van der Waals surface area contributed by atoms with Crippen molar-refractivity contribution in [3.05, 3.63) is 29.8 Å². The molecule has 138 valence electrons. The third-order valence-electron chi connectivity index (χ3n) is 5.19. The van der Waals surface area contributed by atoms with Crippen molar-refractivity contribution >= 4 is 15.9 Å². The quantitative estimate of drug-likeness (QED) is 0.774. The number of sulfonamides is 1. The predicted molar refractivity (Wildman–Crippen MR) is 94.9 cm³/mol. The molecule has 2 aliphatic rings. The Morgan fingerprint density at radius 3 is 2.64 bits per heavy atom. The fourth-order valence-electron chi connectivity index (χ4n) is 3.50. The van der Waals surface area contributed by atoms with E-state index in [1.54, 1.807) is 19.2 Å². The predicted octanol–water partition coefficient (Wildman–Crippen LogP) is 2.06. The van der Waals surface area contributed by atoms with E-state index in [0.29, 0.717) is 12.2 Å². The third kappa shape index (κ3) is 4.40. The average molecular weight is 366 g/mol. The van der Waals surface area contributed by atoms with Crippen LogP contribution in [0.4, 0.5) is 0 Å². The zero-order valence-electron chi connectivity index (χ0n) is 14.5. The lowest BCUT2D eigenvalue weighted by Gasteiger charge is -2.26. The van der Waals surface area contributed by atoms with Gasteiger partial charge in [0.05, 0.1) is 11.5 Å². The van der Waals surface area contributed by atoms with Crippen LogP contribution in [0.25, 0.3) is 0 Å². The average Bonchev–Trinajstić information content (AvgIpc) is 2.97. The van der Waals surface area contributed by atoms with Gasteiger partial charge in [-0.15, -0.1) is 0 Å². The second-order valence-electron chi connectivity index (χ2n) is 7.00. The molecule has 0 saturated heterocycles. The number of ether oxygens (including phenoxy) is 1. The van der Waals surface area contributed by atoms with Crippen molar-refractivity contribution in [1.82, 2.24) is 10.0 Å². The Kier molecular flexibility index (Phi) is 5.76. The van der Waals surface area contributed by atoms with Gasteiger partial charge in [-0.1, -0.05) is 12.5 Å². The summed E-state index contributed by atoms with van der Waals surface area (Å²) in [6.07, 6.45) is 5.89. The Labute approximate surface area is 149 Å². The monoisotopic (exact) mass is 366 g/mol. The Balaban J connectivity index is 1.71. The Morgan fingerprint density at radius 1 is 1.20 bits per heavy atom. The van der Waals surface area contributed by atoms with Crippen LogP contribution in [0.5, 0.6) is 0 Å². The molecule has 1 aromatic carbocycles. The van der Waals surface area contributed by atoms with Crippen molar-refractivity contribution in [2.24, 2.45) is 5.92 Å². The SMILES string of the molecule is COC[C@@H]1CCC[C@@H]1NS(=O)(=O)c1cccc(C(=O)NC2CCC2)c1. The van der Waals surface area contributed by atoms with Gasteiger partial charge in [-0.25, -0.2) is 13.1 Å². The molecule has 0 unspecified atom stereocenters. The van der Waals surface area contributed by atoms with E-state index in [-0.39, 0.29) is 28.8 Å². The Hall–Kier alpha value is -1.44. The van der Waals surface area contributed by atoms with Crippen molar-refractivity contribution in [3.8, 4) is 0 Å². The highest BCUT2D eigenvalue weighted by Crippen LogP contribution is 2.27. The maximum atomic E-state index is 12.7. The number of hydrogen-bond donors (Lipinski definition) is 2. The summed E-state index contributed by atoms with van der Waals surface area (Å²) in [6.45, 7) is 0.553. The van der Waals surface area contributed by atoms with Crippen LogP contribution in [0.3, 0.4) is 0 Å². The lowest BCUT2D eigenvalue weighted by molar-refractivity contribution is 0.0916. The van der Waals surface area contributed by atoms with Gasteiger partial charge >= 0.3 is 0 Å². The molecule has 0 heterocycles. The maximum Gasteiger partial charge on any atom is 0.251 e. The zero-order chi connectivity index (χ0) is 17.9. The van der Waals surface area contributed by atoms with E-state index in [9.17, 15) is 13.2 Å². The van der Waals surface area contributed by atoms with Gasteiger partial charge in [0.2, 0.25) is 10.0 Å². The minimum absolute atomic E-state index is 0.114. The first-order valence-electron chi connectivity index (χ1n) is 8.92. The topological polar surface area (TPSA) is 84.5 Å². The van der Waals surface area contributed by atoms with Gasteiger partial charge < -0.3 is 10.1 Å². The molecule has 2 atom stereocenters. The van der Waals surface area contributed by atoms with Gasteiger partial charge in [0.1, 0.15) is 0 Å². The van der Waals surface area contributed by atoms with Crippen LogP contribution in [0.15, 0.2) is 29.2 Å². The van der Waals surface area contributed by atoms with E-state index in [0.717, 1.165) is 38.5 Å². The second-order valence-corrected chi connectivity index (χ2v) is 8.72. The molecule has 1 amide bonds. The Bertz CT molecular complexity index is 716. The van der Waals surface area contributed by atoms with Crippen molar-refractivity contribution in [1.29, 1.82) is 0 Å². The number of methoxy groups -OCH3 is 1. The number of hydrogen-bond acceptors (Lipinski definition) is 4. The molecular weight excluding hydrogens is 340 g/mol. The van der Waals surface area contributed by atoms with Crippen LogP contribution in [0.2, 0.25) is 0 Å². The van der Waals surface area contributed by atoms with Crippen LogP contribution >= 0.6 is 0 Å². The summed E-state index contributed by atoms with van der Waals surface area (Å²) >= 11 is 0. The summed E-state index contributed by atoms with van der Waals surface area (Å²) in [6, 6.07) is 6.36. The largest absolute Gasteiger partial charge is 0.384 e. The van der Waals surface area contributed by atoms with Crippen LogP contribution in [0, 0.1) is 5.92 Å². The molecule has 0 radical (unpaired) electrons. The van der Waals surface area contributed by atoms with Gasteiger partial charge in [0.25, 0.3) is 5.91 Å². The van der Waals surface area contributed by atoms with Gasteiger partial charge in [-0.2, -0.15) is 0 Å². The number of nitrogens with one attached hydrogen (secondary N) is 2. The van der Waals surface area contributed by atoms with E-state index >= 15 is 0 Å². The molecule has 2 N–H and O–H groups in total. The van der Waals surface area contributed by atoms with Crippen molar-refractivity contribution < 1.29 is 17.9 Å². The number of carbonyl (C=O) groups is 1. The summed E-state index contributed by atoms with van der Waals surface area (Å²) in [7, 11) is -2.02. The highest BCUT2D eigenvalue weighted by molar-refractivity contribution is 7.89. The minimum atomic E-state index is -3.66. The van der Waals surface area contributed by atoms with Crippen LogP contribution in [-0.4, -0.2) is 40.1 Å². The van der Waals surface area contributed by atoms with Crippen molar-refractivity contribution in [3.63, 3.8) is 0 Å². The summed E-state index contributed by atoms with van der Waals surface area (Å²) in [5.74, 6) is -0.00949. The Morgan fingerprint density at radius 2 is 1.96 bits per heavy atom. The molecule has 1 aromatic rings. The van der Waals surface area contributed by atoms with Gasteiger partial charge in [0, 0.05) is 24.8 Å². The van der Waals surface area contributed by atoms with Crippen LogP contribution in [0.1, 0.15) is 48.9 Å². The van der Waals surface area contributed by atoms with Gasteiger partial charge in [-0.05, 0) is 56.2 Å². The molecule has 0 spiro atoms. The number of rotatable bonds is 7. The summed E-state index contributed by atoms with van der Waals surface area (Å²) in [5.41, 5.74) is 0.384. The molecule has 25 heavy (non-hydrogen) atoms. The maximum absolute atomic E-state index is 12.7. The van der Waals surface area contributed by atoms with E-state index < -0.39 is 10.0 Å². The molecule has 2 fully saturated rings. The van der Waals surface area contributed by atoms with E-state index in [1.807, 2.05) is 0 Å². The molecule has 2 aliphatic carbocycles. The molecule has 3 rings (SSSR count). The third-order valence-corrected chi connectivity index (χ3v) is 6.68. The van der Waals surface area contributed by atoms with E-state index in [4.69, 9.17) is 4.74 Å². The fraction of sp³-hybridized carbons (Fsp3) is 0.611. The van der Waals surface area contributed by atoms with E-state index in [1.165, 1.54) is 12.1 Å². The smallest absolute Gasteiger partial charge is 0.251 e. The lowest BCUT2D eigenvalue weighted by Crippen LogP contribution is -2.40. The lowest BCUT2D eigenvalue weighted by atomic mass is 9.93. The molecule has 0 aliphatic heterocycles. The molecule has 2 saturated carbocycles. The fourth-order valence-corrected chi connectivity index (χ4v) is 4.88. The zero-order valence-corrected chi connectivity index (χ0v) is 15.3. The number of amides is 1. The minimum Gasteiger partial charge on any atom is -0.384 e.